The Kier molecular flexibility index (Phi) is 2.81. The molecule has 0 saturated heterocycles. The van der Waals surface area contributed by atoms with Gasteiger partial charge < -0.3 is 21.0 Å². The number of aromatic nitrogens is 3. The number of H-pyrrole nitrogens is 2. The molecule has 1 aliphatic heterocycles. The molecule has 0 saturated carbocycles. The van der Waals surface area contributed by atoms with Gasteiger partial charge in [-0.1, -0.05) is 0 Å². The second kappa shape index (κ2) is 4.40. The molecule has 0 radical (unpaired) electrons. The number of amides is 1. The number of anilines is 1. The van der Waals surface area contributed by atoms with Crippen LogP contribution in [0.5, 0.6) is 0 Å². The summed E-state index contributed by atoms with van der Waals surface area (Å²) in [5.41, 5.74) is 11.5. The van der Waals surface area contributed by atoms with Crippen LogP contribution in [-0.2, 0) is 0 Å². The molecule has 1 aliphatic rings. The lowest BCUT2D eigenvalue weighted by Crippen LogP contribution is -2.23. The van der Waals surface area contributed by atoms with E-state index in [-0.39, 0.29) is 11.8 Å². The van der Waals surface area contributed by atoms with Gasteiger partial charge in [-0.3, -0.25) is 4.79 Å². The minimum atomic E-state index is -0.0418. The van der Waals surface area contributed by atoms with Gasteiger partial charge >= 0.3 is 0 Å². The molecule has 6 heteroatoms. The fourth-order valence-electron chi connectivity index (χ4n) is 3.03. The molecule has 2 aromatic rings. The van der Waals surface area contributed by atoms with E-state index >= 15 is 0 Å². The number of fused-ring (bicyclic) bond motifs is 1. The zero-order valence-corrected chi connectivity index (χ0v) is 11.9. The smallest absolute Gasteiger partial charge is 0.268 e. The second-order valence-electron chi connectivity index (χ2n) is 5.39. The van der Waals surface area contributed by atoms with Crippen LogP contribution in [-0.4, -0.2) is 27.4 Å². The van der Waals surface area contributed by atoms with E-state index in [0.29, 0.717) is 18.2 Å². The van der Waals surface area contributed by atoms with E-state index in [2.05, 4.69) is 20.3 Å². The summed E-state index contributed by atoms with van der Waals surface area (Å²) in [4.78, 5) is 22.8. The van der Waals surface area contributed by atoms with E-state index < -0.39 is 0 Å². The van der Waals surface area contributed by atoms with Crippen LogP contribution in [0.15, 0.2) is 0 Å². The lowest BCUT2D eigenvalue weighted by atomic mass is 9.89. The van der Waals surface area contributed by atoms with Crippen LogP contribution >= 0.6 is 0 Å². The first-order chi connectivity index (χ1) is 9.49. The number of rotatable bonds is 1. The van der Waals surface area contributed by atoms with E-state index in [9.17, 15) is 4.79 Å². The summed E-state index contributed by atoms with van der Waals surface area (Å²) >= 11 is 0. The van der Waals surface area contributed by atoms with Crippen molar-refractivity contribution in [2.45, 2.75) is 33.1 Å². The van der Waals surface area contributed by atoms with Crippen LogP contribution in [0.25, 0.3) is 0 Å². The van der Waals surface area contributed by atoms with Crippen LogP contribution in [0, 0.1) is 20.8 Å². The Morgan fingerprint density at radius 3 is 2.60 bits per heavy atom. The molecule has 2 aromatic heterocycles. The highest BCUT2D eigenvalue weighted by molar-refractivity contribution is 5.95. The molecular weight excluding hydrogens is 254 g/mol. The zero-order chi connectivity index (χ0) is 14.4. The average Bonchev–Trinajstić information content (AvgIpc) is 2.81. The quantitative estimate of drug-likeness (QED) is 0.633. The monoisotopic (exact) mass is 273 g/mol. The Morgan fingerprint density at radius 1 is 1.20 bits per heavy atom. The van der Waals surface area contributed by atoms with Gasteiger partial charge in [0.05, 0.1) is 5.69 Å². The first-order valence-corrected chi connectivity index (χ1v) is 6.78. The molecule has 6 nitrogen and oxygen atoms in total. The molecule has 3 rings (SSSR count). The molecular formula is C14H19N5O. The van der Waals surface area contributed by atoms with Crippen molar-refractivity contribution >= 4 is 11.9 Å². The number of hydrogen-bond acceptors (Lipinski definition) is 3. The van der Waals surface area contributed by atoms with E-state index in [4.69, 9.17) is 5.73 Å². The van der Waals surface area contributed by atoms with Gasteiger partial charge in [0.1, 0.15) is 5.69 Å². The van der Waals surface area contributed by atoms with Crippen LogP contribution in [0.3, 0.4) is 0 Å². The second-order valence-corrected chi connectivity index (χ2v) is 5.39. The molecule has 0 spiro atoms. The number of nitrogen functional groups attached to an aromatic ring is 1. The predicted molar refractivity (Wildman–Crippen MR) is 76.8 cm³/mol. The number of hydrogen-bond donors (Lipinski definition) is 4. The SMILES string of the molecule is Cc1[nH]c(N)nc1C1CCNC(=O)c2[nH]c(C)c(C)c21. The van der Waals surface area contributed by atoms with E-state index in [1.807, 2.05) is 20.8 Å². The van der Waals surface area contributed by atoms with Gasteiger partial charge in [0.25, 0.3) is 5.91 Å². The van der Waals surface area contributed by atoms with Gasteiger partial charge in [0.2, 0.25) is 0 Å². The van der Waals surface area contributed by atoms with Crippen molar-refractivity contribution in [2.75, 3.05) is 12.3 Å². The topological polar surface area (TPSA) is 99.6 Å². The third-order valence-electron chi connectivity index (χ3n) is 4.11. The van der Waals surface area contributed by atoms with Gasteiger partial charge in [-0.05, 0) is 38.3 Å². The molecule has 3 heterocycles. The molecule has 5 N–H and O–H groups in total. The Labute approximate surface area is 117 Å². The highest BCUT2D eigenvalue weighted by atomic mass is 16.1. The van der Waals surface area contributed by atoms with Crippen LogP contribution in [0.4, 0.5) is 5.95 Å². The molecule has 0 aliphatic carbocycles. The van der Waals surface area contributed by atoms with Gasteiger partial charge in [0, 0.05) is 23.9 Å². The molecule has 0 fully saturated rings. The fraction of sp³-hybridized carbons (Fsp3) is 0.429. The summed E-state index contributed by atoms with van der Waals surface area (Å²) in [6.45, 7) is 6.63. The van der Waals surface area contributed by atoms with Crippen LogP contribution < -0.4 is 11.1 Å². The Bertz CT molecular complexity index is 682. The first-order valence-electron chi connectivity index (χ1n) is 6.78. The molecule has 1 amide bonds. The third-order valence-corrected chi connectivity index (χ3v) is 4.11. The number of imidazole rings is 1. The van der Waals surface area contributed by atoms with Crippen LogP contribution in [0.2, 0.25) is 0 Å². The maximum absolute atomic E-state index is 12.1. The number of carbonyl (C=O) groups is 1. The van der Waals surface area contributed by atoms with Crippen molar-refractivity contribution in [3.8, 4) is 0 Å². The number of nitrogens with one attached hydrogen (secondary N) is 3. The standard InChI is InChI=1S/C14H19N5O/c1-6-7(2)17-12-10(6)9(4-5-16-13(12)20)11-8(3)18-14(15)19-11/h9,17H,4-5H2,1-3H3,(H,16,20)(H3,15,18,19). The Hall–Kier alpha value is -2.24. The highest BCUT2D eigenvalue weighted by Crippen LogP contribution is 2.36. The molecule has 1 unspecified atom stereocenters. The van der Waals surface area contributed by atoms with Gasteiger partial charge in [-0.15, -0.1) is 0 Å². The summed E-state index contributed by atoms with van der Waals surface area (Å²) in [5.74, 6) is 0.467. The normalized spacial score (nSPS) is 18.6. The van der Waals surface area contributed by atoms with Crippen molar-refractivity contribution in [1.29, 1.82) is 0 Å². The largest absolute Gasteiger partial charge is 0.369 e. The number of aromatic amines is 2. The van der Waals surface area contributed by atoms with Crippen molar-refractivity contribution < 1.29 is 4.79 Å². The number of nitrogens with two attached hydrogens (primary N) is 1. The molecule has 20 heavy (non-hydrogen) atoms. The Morgan fingerprint density at radius 2 is 1.95 bits per heavy atom. The summed E-state index contributed by atoms with van der Waals surface area (Å²) in [5, 5.41) is 2.93. The van der Waals surface area contributed by atoms with E-state index in [0.717, 1.165) is 34.6 Å². The highest BCUT2D eigenvalue weighted by Gasteiger charge is 2.31. The van der Waals surface area contributed by atoms with E-state index in [1.54, 1.807) is 0 Å². The van der Waals surface area contributed by atoms with E-state index in [1.165, 1.54) is 0 Å². The lowest BCUT2D eigenvalue weighted by Gasteiger charge is -2.14. The van der Waals surface area contributed by atoms with Crippen molar-refractivity contribution in [2.24, 2.45) is 0 Å². The third kappa shape index (κ3) is 1.79. The van der Waals surface area contributed by atoms with Gasteiger partial charge in [0.15, 0.2) is 5.95 Å². The summed E-state index contributed by atoms with van der Waals surface area (Å²) in [6.07, 6.45) is 0.821. The van der Waals surface area contributed by atoms with Gasteiger partial charge in [-0.2, -0.15) is 0 Å². The molecule has 106 valence electrons. The van der Waals surface area contributed by atoms with Crippen LogP contribution in [0.1, 0.15) is 51.0 Å². The van der Waals surface area contributed by atoms with Crippen molar-refractivity contribution in [3.05, 3.63) is 33.9 Å². The minimum Gasteiger partial charge on any atom is -0.369 e. The maximum atomic E-state index is 12.1. The first kappa shape index (κ1) is 12.8. The van der Waals surface area contributed by atoms with Crippen molar-refractivity contribution in [3.63, 3.8) is 0 Å². The lowest BCUT2D eigenvalue weighted by molar-refractivity contribution is 0.0951. The van der Waals surface area contributed by atoms with Crippen molar-refractivity contribution in [1.82, 2.24) is 20.3 Å². The molecule has 1 atom stereocenters. The van der Waals surface area contributed by atoms with Gasteiger partial charge in [-0.25, -0.2) is 4.98 Å². The number of aryl methyl sites for hydroxylation is 2. The predicted octanol–water partition coefficient (Wildman–Crippen LogP) is 1.51. The maximum Gasteiger partial charge on any atom is 0.268 e. The molecule has 0 bridgehead atoms. The number of nitrogens with zero attached hydrogens (tertiary/aromatic N) is 1. The summed E-state index contributed by atoms with van der Waals surface area (Å²) in [6, 6.07) is 0. The summed E-state index contributed by atoms with van der Waals surface area (Å²) in [7, 11) is 0. The Balaban J connectivity index is 2.20. The minimum absolute atomic E-state index is 0.0418. The fourth-order valence-corrected chi connectivity index (χ4v) is 3.03. The summed E-state index contributed by atoms with van der Waals surface area (Å²) < 4.78 is 0. The average molecular weight is 273 g/mol. The molecule has 0 aromatic carbocycles. The zero-order valence-electron chi connectivity index (χ0n) is 11.9. The number of carbonyl (C=O) groups excluding carboxylic acids is 1.